The highest BCUT2D eigenvalue weighted by Gasteiger charge is 2.13. The molecule has 29 heavy (non-hydrogen) atoms. The second-order valence-corrected chi connectivity index (χ2v) is 6.08. The number of benzene rings is 3. The summed E-state index contributed by atoms with van der Waals surface area (Å²) in [5.74, 6) is 0.643. The molecule has 0 bridgehead atoms. The SMILES string of the molecule is COc1cc(C(=O)OCCOc2ccc(F)cc2)ccc1OCc1ccccc1. The molecule has 0 atom stereocenters. The van der Waals surface area contributed by atoms with Gasteiger partial charge in [0.2, 0.25) is 0 Å². The number of halogens is 1. The van der Waals surface area contributed by atoms with Gasteiger partial charge in [-0.1, -0.05) is 30.3 Å². The third-order valence-corrected chi connectivity index (χ3v) is 4.04. The highest BCUT2D eigenvalue weighted by atomic mass is 19.1. The molecule has 6 heteroatoms. The molecule has 3 aromatic carbocycles. The quantitative estimate of drug-likeness (QED) is 0.389. The van der Waals surface area contributed by atoms with Crippen molar-refractivity contribution in [1.82, 2.24) is 0 Å². The van der Waals surface area contributed by atoms with E-state index in [1.54, 1.807) is 18.2 Å². The third-order valence-electron chi connectivity index (χ3n) is 4.04. The maximum atomic E-state index is 12.8. The van der Waals surface area contributed by atoms with Crippen LogP contribution < -0.4 is 14.2 Å². The summed E-state index contributed by atoms with van der Waals surface area (Å²) in [6.07, 6.45) is 0. The molecule has 150 valence electrons. The fourth-order valence-corrected chi connectivity index (χ4v) is 2.56. The van der Waals surface area contributed by atoms with Gasteiger partial charge in [-0.2, -0.15) is 0 Å². The van der Waals surface area contributed by atoms with Crippen LogP contribution in [0.3, 0.4) is 0 Å². The van der Waals surface area contributed by atoms with Crippen molar-refractivity contribution in [2.24, 2.45) is 0 Å². The second kappa shape index (κ2) is 10.1. The molecule has 0 aliphatic rings. The van der Waals surface area contributed by atoms with Crippen molar-refractivity contribution >= 4 is 5.97 Å². The number of carbonyl (C=O) groups is 1. The van der Waals surface area contributed by atoms with E-state index in [-0.39, 0.29) is 19.0 Å². The molecule has 0 aliphatic heterocycles. The summed E-state index contributed by atoms with van der Waals surface area (Å²) in [7, 11) is 1.51. The normalized spacial score (nSPS) is 10.3. The fraction of sp³-hybridized carbons (Fsp3) is 0.174. The molecule has 0 unspecified atom stereocenters. The van der Waals surface area contributed by atoms with E-state index in [9.17, 15) is 9.18 Å². The van der Waals surface area contributed by atoms with Gasteiger partial charge in [-0.3, -0.25) is 0 Å². The summed E-state index contributed by atoms with van der Waals surface area (Å²) in [5, 5.41) is 0. The van der Waals surface area contributed by atoms with Gasteiger partial charge >= 0.3 is 5.97 Å². The van der Waals surface area contributed by atoms with Crippen LogP contribution in [0, 0.1) is 5.82 Å². The van der Waals surface area contributed by atoms with Crippen molar-refractivity contribution in [2.75, 3.05) is 20.3 Å². The lowest BCUT2D eigenvalue weighted by Crippen LogP contribution is -2.12. The molecule has 0 saturated carbocycles. The number of hydrogen-bond donors (Lipinski definition) is 0. The Balaban J connectivity index is 1.51. The molecule has 3 rings (SSSR count). The number of carbonyl (C=O) groups excluding carboxylic acids is 1. The molecule has 0 radical (unpaired) electrons. The van der Waals surface area contributed by atoms with Crippen molar-refractivity contribution in [3.63, 3.8) is 0 Å². The Morgan fingerprint density at radius 3 is 2.34 bits per heavy atom. The molecule has 0 N–H and O–H groups in total. The predicted octanol–water partition coefficient (Wildman–Crippen LogP) is 4.65. The first-order chi connectivity index (χ1) is 14.2. The monoisotopic (exact) mass is 396 g/mol. The number of esters is 1. The fourth-order valence-electron chi connectivity index (χ4n) is 2.56. The van der Waals surface area contributed by atoms with Crippen LogP contribution in [-0.2, 0) is 11.3 Å². The van der Waals surface area contributed by atoms with Gasteiger partial charge in [-0.15, -0.1) is 0 Å². The molecule has 0 heterocycles. The standard InChI is InChI=1S/C23H21FO5/c1-26-22-15-18(7-12-21(22)29-16-17-5-3-2-4-6-17)23(25)28-14-13-27-20-10-8-19(24)9-11-20/h2-12,15H,13-14,16H2,1H3. The Labute approximate surface area is 168 Å². The van der Waals surface area contributed by atoms with Gasteiger partial charge in [0.1, 0.15) is 31.4 Å². The van der Waals surface area contributed by atoms with E-state index in [1.807, 2.05) is 30.3 Å². The van der Waals surface area contributed by atoms with E-state index < -0.39 is 5.97 Å². The zero-order chi connectivity index (χ0) is 20.5. The van der Waals surface area contributed by atoms with E-state index in [4.69, 9.17) is 18.9 Å². The number of hydrogen-bond acceptors (Lipinski definition) is 5. The molecule has 0 fully saturated rings. The first-order valence-corrected chi connectivity index (χ1v) is 9.06. The number of methoxy groups -OCH3 is 1. The van der Waals surface area contributed by atoms with Gasteiger partial charge in [-0.25, -0.2) is 9.18 Å². The van der Waals surface area contributed by atoms with Crippen LogP contribution in [0.5, 0.6) is 17.2 Å². The van der Waals surface area contributed by atoms with E-state index in [0.717, 1.165) is 5.56 Å². The van der Waals surface area contributed by atoms with Crippen LogP contribution >= 0.6 is 0 Å². The Kier molecular flexibility index (Phi) is 7.05. The predicted molar refractivity (Wildman–Crippen MR) is 106 cm³/mol. The van der Waals surface area contributed by atoms with Crippen molar-refractivity contribution in [1.29, 1.82) is 0 Å². The van der Waals surface area contributed by atoms with Crippen LogP contribution in [-0.4, -0.2) is 26.3 Å². The maximum absolute atomic E-state index is 12.8. The Hall–Kier alpha value is -3.54. The van der Waals surface area contributed by atoms with Gasteiger partial charge in [0, 0.05) is 0 Å². The lowest BCUT2D eigenvalue weighted by molar-refractivity contribution is 0.0450. The van der Waals surface area contributed by atoms with E-state index >= 15 is 0 Å². The van der Waals surface area contributed by atoms with Crippen LogP contribution in [0.25, 0.3) is 0 Å². The van der Waals surface area contributed by atoms with Gasteiger partial charge in [-0.05, 0) is 48.0 Å². The zero-order valence-electron chi connectivity index (χ0n) is 16.0. The molecule has 3 aromatic rings. The minimum absolute atomic E-state index is 0.0603. The third kappa shape index (κ3) is 5.97. The molecule has 0 aliphatic carbocycles. The Morgan fingerprint density at radius 2 is 1.62 bits per heavy atom. The van der Waals surface area contributed by atoms with Crippen molar-refractivity contribution in [3.05, 3.63) is 89.7 Å². The summed E-state index contributed by atoms with van der Waals surface area (Å²) < 4.78 is 34.6. The molecular formula is C23H21FO5. The van der Waals surface area contributed by atoms with Gasteiger partial charge < -0.3 is 18.9 Å². The topological polar surface area (TPSA) is 54.0 Å². The molecule has 0 saturated heterocycles. The van der Waals surface area contributed by atoms with E-state index in [0.29, 0.717) is 29.4 Å². The Morgan fingerprint density at radius 1 is 0.862 bits per heavy atom. The first-order valence-electron chi connectivity index (χ1n) is 9.06. The molecule has 0 aromatic heterocycles. The lowest BCUT2D eigenvalue weighted by Gasteiger charge is -2.12. The number of rotatable bonds is 9. The van der Waals surface area contributed by atoms with Crippen LogP contribution in [0.15, 0.2) is 72.8 Å². The molecule has 0 amide bonds. The first kappa shape index (κ1) is 20.2. The zero-order valence-corrected chi connectivity index (χ0v) is 16.0. The molecule has 5 nitrogen and oxygen atoms in total. The number of ether oxygens (including phenoxy) is 4. The van der Waals surface area contributed by atoms with Crippen molar-refractivity contribution in [3.8, 4) is 17.2 Å². The largest absolute Gasteiger partial charge is 0.493 e. The van der Waals surface area contributed by atoms with Gasteiger partial charge in [0.25, 0.3) is 0 Å². The smallest absolute Gasteiger partial charge is 0.338 e. The van der Waals surface area contributed by atoms with E-state index in [1.165, 1.54) is 31.4 Å². The maximum Gasteiger partial charge on any atom is 0.338 e. The minimum atomic E-state index is -0.499. The van der Waals surface area contributed by atoms with Gasteiger partial charge in [0.05, 0.1) is 12.7 Å². The summed E-state index contributed by atoms with van der Waals surface area (Å²) in [4.78, 5) is 12.2. The summed E-state index contributed by atoms with van der Waals surface area (Å²) >= 11 is 0. The van der Waals surface area contributed by atoms with Crippen LogP contribution in [0.1, 0.15) is 15.9 Å². The summed E-state index contributed by atoms with van der Waals surface area (Å²) in [6.45, 7) is 0.610. The van der Waals surface area contributed by atoms with Crippen LogP contribution in [0.2, 0.25) is 0 Å². The lowest BCUT2D eigenvalue weighted by atomic mass is 10.2. The molecule has 0 spiro atoms. The van der Waals surface area contributed by atoms with Crippen molar-refractivity contribution in [2.45, 2.75) is 6.61 Å². The minimum Gasteiger partial charge on any atom is -0.493 e. The average Bonchev–Trinajstić information content (AvgIpc) is 2.77. The Bertz CT molecular complexity index is 926. The van der Waals surface area contributed by atoms with Crippen LogP contribution in [0.4, 0.5) is 4.39 Å². The summed E-state index contributed by atoms with van der Waals surface area (Å²) in [5.41, 5.74) is 1.37. The highest BCUT2D eigenvalue weighted by molar-refractivity contribution is 5.90. The highest BCUT2D eigenvalue weighted by Crippen LogP contribution is 2.29. The van der Waals surface area contributed by atoms with Gasteiger partial charge in [0.15, 0.2) is 11.5 Å². The van der Waals surface area contributed by atoms with E-state index in [2.05, 4.69) is 0 Å². The molecular weight excluding hydrogens is 375 g/mol. The van der Waals surface area contributed by atoms with Crippen molar-refractivity contribution < 1.29 is 28.1 Å². The average molecular weight is 396 g/mol. The summed E-state index contributed by atoms with van der Waals surface area (Å²) in [6, 6.07) is 20.2. The second-order valence-electron chi connectivity index (χ2n) is 6.08.